The summed E-state index contributed by atoms with van der Waals surface area (Å²) in [4.78, 5) is 2.25. The number of aliphatic hydroxyl groups excluding tert-OH is 1. The van der Waals surface area contributed by atoms with Crippen LogP contribution in [0.15, 0.2) is 36.5 Å². The lowest BCUT2D eigenvalue weighted by Crippen LogP contribution is -2.24. The number of β-amino-alcohol motifs (C(OH)–C–C–N with tert-alkyl or cyclic N) is 1. The van der Waals surface area contributed by atoms with Gasteiger partial charge in [0.1, 0.15) is 5.82 Å². The highest BCUT2D eigenvalue weighted by molar-refractivity contribution is 5.22. The standard InChI is InChI=1S/C19H24FN3O/c20-15-7-5-14(6-8-15)19-11-18(24)13-22(19)12-16-9-10-23(21-16)17-3-1-2-4-17/h5-10,17-19,24H,1-4,11-13H2/t18-,19-/m0/s1. The Morgan fingerprint density at radius 1 is 1.12 bits per heavy atom. The van der Waals surface area contributed by atoms with Gasteiger partial charge in [-0.05, 0) is 43.0 Å². The fourth-order valence-electron chi connectivity index (χ4n) is 4.13. The van der Waals surface area contributed by atoms with Crippen LogP contribution in [0.4, 0.5) is 4.39 Å². The average molecular weight is 329 g/mol. The van der Waals surface area contributed by atoms with Crippen molar-refractivity contribution in [1.29, 1.82) is 0 Å². The molecule has 1 saturated carbocycles. The van der Waals surface area contributed by atoms with Crippen molar-refractivity contribution in [2.45, 2.75) is 56.8 Å². The van der Waals surface area contributed by atoms with Gasteiger partial charge >= 0.3 is 0 Å². The monoisotopic (exact) mass is 329 g/mol. The number of hydrogen-bond acceptors (Lipinski definition) is 3. The maximum atomic E-state index is 13.2. The topological polar surface area (TPSA) is 41.3 Å². The number of aromatic nitrogens is 2. The minimum Gasteiger partial charge on any atom is -0.392 e. The first-order valence-corrected chi connectivity index (χ1v) is 8.90. The summed E-state index contributed by atoms with van der Waals surface area (Å²) >= 11 is 0. The molecule has 1 aromatic heterocycles. The van der Waals surface area contributed by atoms with Gasteiger partial charge in [0.2, 0.25) is 0 Å². The first-order chi connectivity index (χ1) is 11.7. The van der Waals surface area contributed by atoms with Gasteiger partial charge in [-0.3, -0.25) is 9.58 Å². The highest BCUT2D eigenvalue weighted by atomic mass is 19.1. The predicted octanol–water partition coefficient (Wildman–Crippen LogP) is 3.45. The molecular weight excluding hydrogens is 305 g/mol. The van der Waals surface area contributed by atoms with Gasteiger partial charge in [-0.1, -0.05) is 25.0 Å². The van der Waals surface area contributed by atoms with Crippen LogP contribution in [0.2, 0.25) is 0 Å². The Morgan fingerprint density at radius 2 is 1.88 bits per heavy atom. The molecule has 2 aromatic rings. The molecule has 24 heavy (non-hydrogen) atoms. The Bertz CT molecular complexity index is 678. The summed E-state index contributed by atoms with van der Waals surface area (Å²) in [6.07, 6.45) is 7.48. The molecule has 2 aliphatic rings. The van der Waals surface area contributed by atoms with E-state index < -0.39 is 0 Å². The Hall–Kier alpha value is -1.72. The van der Waals surface area contributed by atoms with E-state index >= 15 is 0 Å². The van der Waals surface area contributed by atoms with E-state index in [1.54, 1.807) is 0 Å². The number of hydrogen-bond donors (Lipinski definition) is 1. The van der Waals surface area contributed by atoms with Crippen molar-refractivity contribution >= 4 is 0 Å². The van der Waals surface area contributed by atoms with Crippen molar-refractivity contribution in [3.05, 3.63) is 53.6 Å². The Balaban J connectivity index is 1.48. The molecule has 1 N–H and O–H groups in total. The average Bonchev–Trinajstić information content (AvgIpc) is 3.29. The van der Waals surface area contributed by atoms with E-state index in [0.717, 1.165) is 17.8 Å². The van der Waals surface area contributed by atoms with Crippen LogP contribution in [-0.4, -0.2) is 32.4 Å². The van der Waals surface area contributed by atoms with Crippen LogP contribution < -0.4 is 0 Å². The molecule has 0 radical (unpaired) electrons. The van der Waals surface area contributed by atoms with Crippen molar-refractivity contribution < 1.29 is 9.50 Å². The highest BCUT2D eigenvalue weighted by Crippen LogP contribution is 2.34. The largest absolute Gasteiger partial charge is 0.392 e. The molecule has 2 heterocycles. The van der Waals surface area contributed by atoms with E-state index in [9.17, 15) is 9.50 Å². The number of nitrogens with zero attached hydrogens (tertiary/aromatic N) is 3. The van der Waals surface area contributed by atoms with E-state index in [-0.39, 0.29) is 18.0 Å². The van der Waals surface area contributed by atoms with Crippen LogP contribution in [0.25, 0.3) is 0 Å². The predicted molar refractivity (Wildman–Crippen MR) is 89.9 cm³/mol. The van der Waals surface area contributed by atoms with E-state index in [0.29, 0.717) is 19.0 Å². The van der Waals surface area contributed by atoms with Gasteiger partial charge in [0.25, 0.3) is 0 Å². The van der Waals surface area contributed by atoms with Gasteiger partial charge in [0.05, 0.1) is 17.8 Å². The van der Waals surface area contributed by atoms with Crippen LogP contribution in [0.3, 0.4) is 0 Å². The molecule has 1 aliphatic heterocycles. The van der Waals surface area contributed by atoms with Gasteiger partial charge in [-0.2, -0.15) is 5.10 Å². The quantitative estimate of drug-likeness (QED) is 0.934. The maximum absolute atomic E-state index is 13.2. The molecule has 1 aromatic carbocycles. The molecule has 5 heteroatoms. The summed E-state index contributed by atoms with van der Waals surface area (Å²) in [5.41, 5.74) is 2.10. The number of rotatable bonds is 4. The first-order valence-electron chi connectivity index (χ1n) is 8.90. The number of aliphatic hydroxyl groups is 1. The minimum atomic E-state index is -0.336. The normalized spacial score (nSPS) is 25.6. The summed E-state index contributed by atoms with van der Waals surface area (Å²) < 4.78 is 15.3. The third kappa shape index (κ3) is 3.23. The summed E-state index contributed by atoms with van der Waals surface area (Å²) in [6.45, 7) is 1.36. The van der Waals surface area contributed by atoms with Crippen LogP contribution in [0.1, 0.15) is 55.4 Å². The third-order valence-electron chi connectivity index (χ3n) is 5.36. The molecule has 4 nitrogen and oxygen atoms in total. The van der Waals surface area contributed by atoms with Crippen LogP contribution in [-0.2, 0) is 6.54 Å². The van der Waals surface area contributed by atoms with E-state index in [4.69, 9.17) is 5.10 Å². The fourth-order valence-corrected chi connectivity index (χ4v) is 4.13. The van der Waals surface area contributed by atoms with Gasteiger partial charge < -0.3 is 5.11 Å². The zero-order valence-corrected chi connectivity index (χ0v) is 13.8. The SMILES string of the molecule is O[C@H]1C[C@@H](c2ccc(F)cc2)N(Cc2ccn(C3CCCC3)n2)C1. The Kier molecular flexibility index (Phi) is 4.37. The molecule has 2 atom stereocenters. The molecule has 128 valence electrons. The molecule has 1 saturated heterocycles. The smallest absolute Gasteiger partial charge is 0.123 e. The summed E-state index contributed by atoms with van der Waals surface area (Å²) in [7, 11) is 0. The van der Waals surface area contributed by atoms with Crippen molar-refractivity contribution in [2.75, 3.05) is 6.54 Å². The molecule has 0 amide bonds. The second-order valence-corrected chi connectivity index (χ2v) is 7.11. The van der Waals surface area contributed by atoms with E-state index in [1.165, 1.54) is 37.8 Å². The highest BCUT2D eigenvalue weighted by Gasteiger charge is 2.32. The van der Waals surface area contributed by atoms with Crippen molar-refractivity contribution in [3.63, 3.8) is 0 Å². The minimum absolute atomic E-state index is 0.122. The maximum Gasteiger partial charge on any atom is 0.123 e. The molecule has 0 unspecified atom stereocenters. The molecule has 0 spiro atoms. The number of likely N-dealkylation sites (tertiary alicyclic amines) is 1. The van der Waals surface area contributed by atoms with Gasteiger partial charge in [0, 0.05) is 25.3 Å². The Labute approximate surface area is 141 Å². The zero-order chi connectivity index (χ0) is 16.5. The molecule has 4 rings (SSSR count). The van der Waals surface area contributed by atoms with Gasteiger partial charge in [0.15, 0.2) is 0 Å². The van der Waals surface area contributed by atoms with Gasteiger partial charge in [-0.15, -0.1) is 0 Å². The van der Waals surface area contributed by atoms with Crippen molar-refractivity contribution in [1.82, 2.24) is 14.7 Å². The summed E-state index contributed by atoms with van der Waals surface area (Å²) in [5, 5.41) is 14.9. The lowest BCUT2D eigenvalue weighted by Gasteiger charge is -2.23. The van der Waals surface area contributed by atoms with E-state index in [1.807, 2.05) is 12.1 Å². The zero-order valence-electron chi connectivity index (χ0n) is 13.8. The molecule has 2 fully saturated rings. The van der Waals surface area contributed by atoms with E-state index in [2.05, 4.69) is 21.8 Å². The molecule has 1 aliphatic carbocycles. The van der Waals surface area contributed by atoms with Crippen LogP contribution in [0.5, 0.6) is 0 Å². The Morgan fingerprint density at radius 3 is 2.62 bits per heavy atom. The fraction of sp³-hybridized carbons (Fsp3) is 0.526. The molecular formula is C19H24FN3O. The second kappa shape index (κ2) is 6.65. The lowest BCUT2D eigenvalue weighted by molar-refractivity contribution is 0.172. The van der Waals surface area contributed by atoms with Crippen molar-refractivity contribution in [2.24, 2.45) is 0 Å². The van der Waals surface area contributed by atoms with Crippen LogP contribution in [0, 0.1) is 5.82 Å². The van der Waals surface area contributed by atoms with Gasteiger partial charge in [-0.25, -0.2) is 4.39 Å². The lowest BCUT2D eigenvalue weighted by atomic mass is 10.0. The molecule has 0 bridgehead atoms. The number of halogens is 1. The number of benzene rings is 1. The first kappa shape index (κ1) is 15.8. The second-order valence-electron chi connectivity index (χ2n) is 7.11. The van der Waals surface area contributed by atoms with Crippen LogP contribution >= 0.6 is 0 Å². The van der Waals surface area contributed by atoms with Crippen molar-refractivity contribution in [3.8, 4) is 0 Å². The summed E-state index contributed by atoms with van der Waals surface area (Å²) in [6, 6.07) is 9.39. The summed E-state index contributed by atoms with van der Waals surface area (Å²) in [5.74, 6) is -0.223. The third-order valence-corrected chi connectivity index (χ3v) is 5.36.